The summed E-state index contributed by atoms with van der Waals surface area (Å²) in [6.07, 6.45) is 7.18. The topological polar surface area (TPSA) is 80.3 Å². The van der Waals surface area contributed by atoms with Crippen LogP contribution in [-0.2, 0) is 16.1 Å². The summed E-state index contributed by atoms with van der Waals surface area (Å²) >= 11 is 0. The van der Waals surface area contributed by atoms with Crippen LogP contribution in [0, 0.1) is 23.7 Å². The molecule has 0 radical (unpaired) electrons. The van der Waals surface area contributed by atoms with Gasteiger partial charge in [0.05, 0.1) is 0 Å². The van der Waals surface area contributed by atoms with Crippen LogP contribution in [0.25, 0.3) is 0 Å². The fraction of sp³-hybridized carbons (Fsp3) is 0.444. The van der Waals surface area contributed by atoms with Crippen molar-refractivity contribution in [3.63, 3.8) is 0 Å². The minimum atomic E-state index is -0.121. The number of hydrogen-bond donors (Lipinski definition) is 2. The first-order valence-corrected chi connectivity index (χ1v) is 11.7. The van der Waals surface area contributed by atoms with E-state index in [2.05, 4.69) is 42.5 Å². The number of allylic oxidation sites excluding steroid dienone is 1. The molecular formula is C27H35N3O3. The first kappa shape index (κ1) is 24.5. The van der Waals surface area contributed by atoms with Crippen LogP contribution in [0.4, 0.5) is 0 Å². The third-order valence-corrected chi connectivity index (χ3v) is 6.38. The number of pyridine rings is 1. The molecule has 2 N–H and O–H groups in total. The Kier molecular flexibility index (Phi) is 9.04. The van der Waals surface area contributed by atoms with Gasteiger partial charge in [-0.3, -0.25) is 14.6 Å². The molecule has 1 aliphatic carbocycles. The molecule has 1 heterocycles. The molecule has 0 aliphatic heterocycles. The largest absolute Gasteiger partial charge is 0.484 e. The number of nitrogens with one attached hydrogen (secondary N) is 2. The Bertz CT molecular complexity index is 928. The molecule has 0 fully saturated rings. The maximum Gasteiger partial charge on any atom is 0.257 e. The van der Waals surface area contributed by atoms with Gasteiger partial charge in [-0.05, 0) is 60.8 Å². The molecule has 0 saturated heterocycles. The average Bonchev–Trinajstić information content (AvgIpc) is 2.82. The van der Waals surface area contributed by atoms with Crippen molar-refractivity contribution in [3.05, 3.63) is 72.1 Å². The van der Waals surface area contributed by atoms with Gasteiger partial charge in [0.15, 0.2) is 6.61 Å². The summed E-state index contributed by atoms with van der Waals surface area (Å²) in [5.41, 5.74) is 2.22. The molecule has 2 aromatic rings. The van der Waals surface area contributed by atoms with Gasteiger partial charge in [0.1, 0.15) is 5.75 Å². The van der Waals surface area contributed by atoms with E-state index in [9.17, 15) is 9.59 Å². The van der Waals surface area contributed by atoms with Gasteiger partial charge in [-0.25, -0.2) is 0 Å². The van der Waals surface area contributed by atoms with Crippen LogP contribution in [0.3, 0.4) is 0 Å². The minimum absolute atomic E-state index is 0.00546. The molecule has 0 saturated carbocycles. The summed E-state index contributed by atoms with van der Waals surface area (Å²) in [5, 5.41) is 6.04. The van der Waals surface area contributed by atoms with Crippen LogP contribution in [0.2, 0.25) is 0 Å². The van der Waals surface area contributed by atoms with Crippen LogP contribution in [0.1, 0.15) is 39.2 Å². The number of benzene rings is 1. The molecule has 1 aromatic carbocycles. The number of amides is 2. The Balaban J connectivity index is 1.50. The predicted molar refractivity (Wildman–Crippen MR) is 129 cm³/mol. The van der Waals surface area contributed by atoms with E-state index in [0.29, 0.717) is 37.1 Å². The van der Waals surface area contributed by atoms with Gasteiger partial charge in [0, 0.05) is 31.9 Å². The summed E-state index contributed by atoms with van der Waals surface area (Å²) < 4.78 is 5.54. The van der Waals surface area contributed by atoms with Crippen LogP contribution < -0.4 is 15.4 Å². The fourth-order valence-corrected chi connectivity index (χ4v) is 4.46. The van der Waals surface area contributed by atoms with Crippen molar-refractivity contribution in [1.82, 2.24) is 15.6 Å². The summed E-state index contributed by atoms with van der Waals surface area (Å²) in [6.45, 7) is 7.61. The molecule has 176 valence electrons. The van der Waals surface area contributed by atoms with Crippen LogP contribution in [-0.4, -0.2) is 29.9 Å². The quantitative estimate of drug-likeness (QED) is 0.534. The number of rotatable bonds is 10. The lowest BCUT2D eigenvalue weighted by Crippen LogP contribution is -2.39. The van der Waals surface area contributed by atoms with E-state index in [1.54, 1.807) is 12.4 Å². The molecule has 0 bridgehead atoms. The van der Waals surface area contributed by atoms with Gasteiger partial charge in [-0.15, -0.1) is 0 Å². The smallest absolute Gasteiger partial charge is 0.257 e. The minimum Gasteiger partial charge on any atom is -0.484 e. The Labute approximate surface area is 196 Å². The van der Waals surface area contributed by atoms with Crippen molar-refractivity contribution < 1.29 is 14.3 Å². The molecule has 1 aliphatic rings. The van der Waals surface area contributed by atoms with Gasteiger partial charge in [-0.2, -0.15) is 0 Å². The first-order valence-electron chi connectivity index (χ1n) is 11.7. The highest BCUT2D eigenvalue weighted by Gasteiger charge is 2.32. The zero-order valence-corrected chi connectivity index (χ0v) is 19.8. The Morgan fingerprint density at radius 2 is 1.88 bits per heavy atom. The van der Waals surface area contributed by atoms with Gasteiger partial charge in [0.2, 0.25) is 5.91 Å². The summed E-state index contributed by atoms with van der Waals surface area (Å²) in [5.74, 6) is 1.96. The Morgan fingerprint density at radius 3 is 2.58 bits per heavy atom. The third kappa shape index (κ3) is 7.74. The highest BCUT2D eigenvalue weighted by Crippen LogP contribution is 2.38. The van der Waals surface area contributed by atoms with Crippen molar-refractivity contribution >= 4 is 11.8 Å². The molecule has 6 heteroatoms. The highest BCUT2D eigenvalue weighted by molar-refractivity contribution is 5.77. The lowest BCUT2D eigenvalue weighted by molar-refractivity contribution is -0.123. The van der Waals surface area contributed by atoms with E-state index in [0.717, 1.165) is 12.0 Å². The fourth-order valence-electron chi connectivity index (χ4n) is 4.46. The lowest BCUT2D eigenvalue weighted by atomic mass is 9.69. The predicted octanol–water partition coefficient (Wildman–Crippen LogP) is 4.14. The van der Waals surface area contributed by atoms with E-state index in [4.69, 9.17) is 4.74 Å². The Morgan fingerprint density at radius 1 is 1.09 bits per heavy atom. The molecule has 2 amide bonds. The zero-order valence-electron chi connectivity index (χ0n) is 19.8. The summed E-state index contributed by atoms with van der Waals surface area (Å²) in [7, 11) is 0. The first-order chi connectivity index (χ1) is 15.9. The van der Waals surface area contributed by atoms with Crippen LogP contribution in [0.5, 0.6) is 5.75 Å². The second kappa shape index (κ2) is 12.2. The Hall–Kier alpha value is -3.15. The van der Waals surface area contributed by atoms with Crippen molar-refractivity contribution in [1.29, 1.82) is 0 Å². The molecule has 0 unspecified atom stereocenters. The second-order valence-corrected chi connectivity index (χ2v) is 9.16. The lowest BCUT2D eigenvalue weighted by Gasteiger charge is -2.37. The number of nitrogens with zero attached hydrogens (tertiary/aromatic N) is 1. The molecule has 0 spiro atoms. The average molecular weight is 450 g/mol. The van der Waals surface area contributed by atoms with Crippen molar-refractivity contribution in [2.45, 2.75) is 40.2 Å². The highest BCUT2D eigenvalue weighted by atomic mass is 16.5. The number of ether oxygens (including phenoxy) is 1. The molecule has 1 aromatic heterocycles. The molecule has 3 atom stereocenters. The molecule has 3 rings (SSSR count). The van der Waals surface area contributed by atoms with E-state index in [1.165, 1.54) is 5.57 Å². The van der Waals surface area contributed by atoms with Gasteiger partial charge < -0.3 is 15.4 Å². The number of hydrogen-bond acceptors (Lipinski definition) is 4. The van der Waals surface area contributed by atoms with E-state index < -0.39 is 0 Å². The molecule has 6 nitrogen and oxygen atoms in total. The van der Waals surface area contributed by atoms with Crippen molar-refractivity contribution in [3.8, 4) is 5.75 Å². The second-order valence-electron chi connectivity index (χ2n) is 9.16. The van der Waals surface area contributed by atoms with Gasteiger partial charge in [-0.1, -0.05) is 49.8 Å². The number of aromatic nitrogens is 1. The van der Waals surface area contributed by atoms with Crippen LogP contribution >= 0.6 is 0 Å². The normalized spacial score (nSPS) is 20.1. The molecular weight excluding hydrogens is 414 g/mol. The maximum absolute atomic E-state index is 12.6. The standard InChI is InChI=1S/C27H35N3O3/c1-19(2)25-13-22(14-26(31)29-16-21-8-7-11-28-15-21)20(3)12-23(25)17-30-27(32)18-33-24-9-5-4-6-10-24/h4-12,15,19,22-23,25H,13-14,16-18H2,1-3H3,(H,29,31)(H,30,32)/t22-,23-,25-/m0/s1. The third-order valence-electron chi connectivity index (χ3n) is 6.38. The van der Waals surface area contributed by atoms with Crippen LogP contribution in [0.15, 0.2) is 66.5 Å². The maximum atomic E-state index is 12.6. The molecule has 33 heavy (non-hydrogen) atoms. The van der Waals surface area contributed by atoms with Gasteiger partial charge >= 0.3 is 0 Å². The van der Waals surface area contributed by atoms with Gasteiger partial charge in [0.25, 0.3) is 5.91 Å². The van der Waals surface area contributed by atoms with E-state index in [-0.39, 0.29) is 30.3 Å². The van der Waals surface area contributed by atoms with Crippen molar-refractivity contribution in [2.75, 3.05) is 13.2 Å². The SMILES string of the molecule is CC1=C[C@@H](CNC(=O)COc2ccccc2)[C@H](C(C)C)C[C@H]1CC(=O)NCc1cccnc1. The summed E-state index contributed by atoms with van der Waals surface area (Å²) in [6, 6.07) is 13.2. The zero-order chi connectivity index (χ0) is 23.6. The number of carbonyl (C=O) groups is 2. The van der Waals surface area contributed by atoms with E-state index in [1.807, 2.05) is 42.5 Å². The number of para-hydroxylation sites is 1. The summed E-state index contributed by atoms with van der Waals surface area (Å²) in [4.78, 5) is 29.0. The monoisotopic (exact) mass is 449 g/mol. The van der Waals surface area contributed by atoms with E-state index >= 15 is 0 Å². The number of carbonyl (C=O) groups excluding carboxylic acids is 2. The van der Waals surface area contributed by atoms with Crippen molar-refractivity contribution in [2.24, 2.45) is 23.7 Å².